The van der Waals surface area contributed by atoms with Gasteiger partial charge in [-0.15, -0.1) is 24.8 Å². The Morgan fingerprint density at radius 2 is 0.761 bits per heavy atom. The van der Waals surface area contributed by atoms with Crippen LogP contribution in [0.25, 0.3) is 0 Å². The highest BCUT2D eigenvalue weighted by atomic mass is 35.5. The molecule has 0 aliphatic heterocycles. The van der Waals surface area contributed by atoms with Crippen LogP contribution < -0.4 is 17.2 Å². The summed E-state index contributed by atoms with van der Waals surface area (Å²) in [5.41, 5.74) is 22.3. The van der Waals surface area contributed by atoms with Crippen LogP contribution in [-0.4, -0.2) is 18.0 Å². The Hall–Kier alpha value is -0.680. The Kier molecular flexibility index (Phi) is 36.7. The summed E-state index contributed by atoms with van der Waals surface area (Å²) in [6, 6.07) is 4.11. The van der Waals surface area contributed by atoms with Crippen molar-refractivity contribution in [2.45, 2.75) is 207 Å². The van der Waals surface area contributed by atoms with E-state index >= 15 is 0 Å². The van der Waals surface area contributed by atoms with E-state index in [1.54, 1.807) is 0 Å². The quantitative estimate of drug-likeness (QED) is 0.0507. The van der Waals surface area contributed by atoms with Crippen molar-refractivity contribution in [3.05, 3.63) is 23.3 Å². The number of nitrogens with zero attached hydrogens (tertiary/aromatic N) is 1. The second kappa shape index (κ2) is 35.6. The van der Waals surface area contributed by atoms with Crippen molar-refractivity contribution in [1.29, 1.82) is 0 Å². The minimum Gasteiger partial charge on any atom is -0.398 e. The topological polar surface area (TPSA) is 81.3 Å². The first-order valence-electron chi connectivity index (χ1n) is 19.7. The van der Waals surface area contributed by atoms with E-state index < -0.39 is 0 Å². The molecule has 6 heteroatoms. The standard InChI is InChI=1S/C40H78N4.2ClH/c1-3-5-7-9-11-13-15-17-19-21-23-25-27-29-33-44(36-37-31-32-39(42)38(35-41)40(37)43)34-30-28-26-24-22-20-18-16-14-12-10-8-6-4-2;;/h31-32H,3-30,33-36,41-43H2,1-2H3;2*1H. The third-order valence-corrected chi connectivity index (χ3v) is 9.74. The van der Waals surface area contributed by atoms with Gasteiger partial charge in [-0.1, -0.05) is 187 Å². The molecule has 274 valence electrons. The summed E-state index contributed by atoms with van der Waals surface area (Å²) < 4.78 is 0. The van der Waals surface area contributed by atoms with Crippen molar-refractivity contribution in [3.8, 4) is 0 Å². The molecule has 0 aliphatic carbocycles. The molecule has 1 aromatic rings. The summed E-state index contributed by atoms with van der Waals surface area (Å²) in [5, 5.41) is 0. The zero-order valence-electron chi connectivity index (χ0n) is 30.8. The number of benzene rings is 1. The molecule has 0 saturated carbocycles. The van der Waals surface area contributed by atoms with Crippen LogP contribution >= 0.6 is 24.8 Å². The number of halogens is 2. The van der Waals surface area contributed by atoms with Crippen LogP contribution in [0.3, 0.4) is 0 Å². The minimum absolute atomic E-state index is 0. The van der Waals surface area contributed by atoms with Gasteiger partial charge in [-0.2, -0.15) is 0 Å². The predicted octanol–water partition coefficient (Wildman–Crippen LogP) is 12.9. The average molecular weight is 688 g/mol. The third-order valence-electron chi connectivity index (χ3n) is 9.74. The predicted molar refractivity (Wildman–Crippen MR) is 214 cm³/mol. The van der Waals surface area contributed by atoms with Crippen LogP contribution in [0.2, 0.25) is 0 Å². The van der Waals surface area contributed by atoms with Crippen molar-refractivity contribution < 1.29 is 0 Å². The molecule has 1 rings (SSSR count). The second-order valence-corrected chi connectivity index (χ2v) is 13.9. The molecule has 0 atom stereocenters. The Balaban J connectivity index is 0. The van der Waals surface area contributed by atoms with E-state index in [1.165, 1.54) is 185 Å². The van der Waals surface area contributed by atoms with Gasteiger partial charge in [0.15, 0.2) is 0 Å². The molecule has 0 radical (unpaired) electrons. The maximum Gasteiger partial charge on any atom is 0.0426 e. The Bertz CT molecular complexity index is 729. The number of unbranched alkanes of at least 4 members (excludes halogenated alkanes) is 26. The first kappa shape index (κ1) is 47.4. The minimum atomic E-state index is 0. The highest BCUT2D eigenvalue weighted by molar-refractivity contribution is 5.85. The Labute approximate surface area is 300 Å². The molecule has 0 bridgehead atoms. The lowest BCUT2D eigenvalue weighted by Crippen LogP contribution is -2.26. The van der Waals surface area contributed by atoms with Gasteiger partial charge in [-0.25, -0.2) is 0 Å². The molecule has 0 aromatic heterocycles. The molecular weight excluding hydrogens is 607 g/mol. The first-order valence-corrected chi connectivity index (χ1v) is 19.7. The van der Waals surface area contributed by atoms with Gasteiger partial charge in [-0.3, -0.25) is 4.90 Å². The highest BCUT2D eigenvalue weighted by Crippen LogP contribution is 2.25. The number of hydrogen-bond acceptors (Lipinski definition) is 4. The number of anilines is 2. The second-order valence-electron chi connectivity index (χ2n) is 13.9. The fourth-order valence-electron chi connectivity index (χ4n) is 6.67. The van der Waals surface area contributed by atoms with Crippen LogP contribution in [0.1, 0.15) is 205 Å². The average Bonchev–Trinajstić information content (AvgIpc) is 3.02. The van der Waals surface area contributed by atoms with Crippen molar-refractivity contribution in [3.63, 3.8) is 0 Å². The lowest BCUT2D eigenvalue weighted by Gasteiger charge is -2.24. The summed E-state index contributed by atoms with van der Waals surface area (Å²) in [6.45, 7) is 8.25. The zero-order valence-corrected chi connectivity index (χ0v) is 32.4. The van der Waals surface area contributed by atoms with E-state index in [0.29, 0.717) is 6.54 Å². The highest BCUT2D eigenvalue weighted by Gasteiger charge is 2.12. The first-order chi connectivity index (χ1) is 21.6. The van der Waals surface area contributed by atoms with Crippen LogP contribution in [0.4, 0.5) is 11.4 Å². The number of hydrogen-bond donors (Lipinski definition) is 3. The monoisotopic (exact) mass is 687 g/mol. The van der Waals surface area contributed by atoms with Crippen molar-refractivity contribution in [1.82, 2.24) is 4.90 Å². The lowest BCUT2D eigenvalue weighted by molar-refractivity contribution is 0.252. The molecule has 1 aromatic carbocycles. The van der Waals surface area contributed by atoms with Gasteiger partial charge in [0.1, 0.15) is 0 Å². The van der Waals surface area contributed by atoms with Gasteiger partial charge in [-0.05, 0) is 37.6 Å². The summed E-state index contributed by atoms with van der Waals surface area (Å²) in [7, 11) is 0. The Morgan fingerprint density at radius 1 is 0.457 bits per heavy atom. The molecule has 0 aliphatic rings. The molecule has 0 unspecified atom stereocenters. The molecule has 0 heterocycles. The largest absolute Gasteiger partial charge is 0.398 e. The molecule has 46 heavy (non-hydrogen) atoms. The molecule has 0 saturated heterocycles. The SMILES string of the molecule is CCCCCCCCCCCCCCCCN(CCCCCCCCCCCCCCCC)Cc1ccc(N)c(CN)c1N.Cl.Cl. The fourth-order valence-corrected chi connectivity index (χ4v) is 6.67. The van der Waals surface area contributed by atoms with Gasteiger partial charge in [0, 0.05) is 30.0 Å². The smallest absolute Gasteiger partial charge is 0.0426 e. The van der Waals surface area contributed by atoms with E-state index in [2.05, 4.69) is 24.8 Å². The molecule has 6 N–H and O–H groups in total. The Morgan fingerprint density at radius 3 is 1.07 bits per heavy atom. The van der Waals surface area contributed by atoms with Gasteiger partial charge in [0.2, 0.25) is 0 Å². The molecule has 0 fully saturated rings. The summed E-state index contributed by atoms with van der Waals surface area (Å²) in [4.78, 5) is 2.64. The van der Waals surface area contributed by atoms with E-state index in [4.69, 9.17) is 17.2 Å². The molecule has 4 nitrogen and oxygen atoms in total. The van der Waals surface area contributed by atoms with Crippen molar-refractivity contribution >= 4 is 36.2 Å². The van der Waals surface area contributed by atoms with Gasteiger partial charge in [0.05, 0.1) is 0 Å². The van der Waals surface area contributed by atoms with Crippen molar-refractivity contribution in [2.24, 2.45) is 5.73 Å². The number of nitrogen functional groups attached to an aromatic ring is 2. The number of nitrogens with two attached hydrogens (primary N) is 3. The van der Waals surface area contributed by atoms with Gasteiger partial charge in [0.25, 0.3) is 0 Å². The molecular formula is C40H80Cl2N4. The molecule has 0 spiro atoms. The maximum absolute atomic E-state index is 6.52. The van der Waals surface area contributed by atoms with Crippen LogP contribution in [0, 0.1) is 0 Å². The van der Waals surface area contributed by atoms with Crippen LogP contribution in [0.5, 0.6) is 0 Å². The van der Waals surface area contributed by atoms with E-state index in [-0.39, 0.29) is 24.8 Å². The maximum atomic E-state index is 6.52. The van der Waals surface area contributed by atoms with E-state index in [9.17, 15) is 0 Å². The van der Waals surface area contributed by atoms with E-state index in [1.807, 2.05) is 6.07 Å². The third kappa shape index (κ3) is 26.3. The fraction of sp³-hybridized carbons (Fsp3) is 0.850. The van der Waals surface area contributed by atoms with Crippen LogP contribution in [-0.2, 0) is 13.1 Å². The molecule has 0 amide bonds. The lowest BCUT2D eigenvalue weighted by atomic mass is 10.0. The summed E-state index contributed by atoms with van der Waals surface area (Å²) in [5.74, 6) is 0. The summed E-state index contributed by atoms with van der Waals surface area (Å²) in [6.07, 6.45) is 39.4. The van der Waals surface area contributed by atoms with Gasteiger partial charge >= 0.3 is 0 Å². The zero-order chi connectivity index (χ0) is 31.9. The van der Waals surface area contributed by atoms with Crippen LogP contribution in [0.15, 0.2) is 12.1 Å². The van der Waals surface area contributed by atoms with Crippen molar-refractivity contribution in [2.75, 3.05) is 24.6 Å². The normalized spacial score (nSPS) is 11.1. The summed E-state index contributed by atoms with van der Waals surface area (Å²) >= 11 is 0. The van der Waals surface area contributed by atoms with Gasteiger partial charge < -0.3 is 17.2 Å². The number of rotatable bonds is 33. The van der Waals surface area contributed by atoms with E-state index in [0.717, 1.165) is 36.6 Å².